The standard InChI is InChI=1S/C23H24N/c1-15-13-21-19(17-10-6-7-11-20(17)23(21,3)4)14-18(15)22-12-8-9-16(2)24(22)5/h6-14H,1-5H3/q+1/i8D,9D,12D. The van der Waals surface area contributed by atoms with Gasteiger partial charge in [0.15, 0.2) is 5.69 Å². The summed E-state index contributed by atoms with van der Waals surface area (Å²) in [4.78, 5) is 0. The molecule has 0 fully saturated rings. The molecule has 1 aliphatic carbocycles. The molecule has 0 N–H and O–H groups in total. The van der Waals surface area contributed by atoms with Crippen LogP contribution in [-0.2, 0) is 12.5 Å². The van der Waals surface area contributed by atoms with Crippen molar-refractivity contribution in [1.29, 1.82) is 0 Å². The summed E-state index contributed by atoms with van der Waals surface area (Å²) in [6.45, 7) is 8.42. The lowest BCUT2D eigenvalue weighted by Crippen LogP contribution is -2.34. The third-order valence-electron chi connectivity index (χ3n) is 5.45. The highest BCUT2D eigenvalue weighted by Gasteiger charge is 2.36. The van der Waals surface area contributed by atoms with Gasteiger partial charge in [0.05, 0.1) is 4.11 Å². The molecule has 1 aromatic heterocycles. The highest BCUT2D eigenvalue weighted by atomic mass is 14.9. The maximum Gasteiger partial charge on any atom is 0.212 e. The van der Waals surface area contributed by atoms with Gasteiger partial charge in [0.1, 0.15) is 7.05 Å². The van der Waals surface area contributed by atoms with Crippen molar-refractivity contribution >= 4 is 0 Å². The highest BCUT2D eigenvalue weighted by molar-refractivity contribution is 5.84. The van der Waals surface area contributed by atoms with E-state index in [4.69, 9.17) is 4.11 Å². The van der Waals surface area contributed by atoms with Crippen LogP contribution in [0.5, 0.6) is 0 Å². The number of aromatic nitrogens is 1. The van der Waals surface area contributed by atoms with Gasteiger partial charge in [0, 0.05) is 30.0 Å². The summed E-state index contributed by atoms with van der Waals surface area (Å²) in [5.41, 5.74) is 8.48. The molecule has 1 nitrogen and oxygen atoms in total. The molecule has 0 radical (unpaired) electrons. The van der Waals surface area contributed by atoms with Gasteiger partial charge in [-0.2, -0.15) is 4.57 Å². The highest BCUT2D eigenvalue weighted by Crippen LogP contribution is 2.49. The van der Waals surface area contributed by atoms with Crippen molar-refractivity contribution in [2.24, 2.45) is 7.05 Å². The van der Waals surface area contributed by atoms with E-state index in [0.717, 1.165) is 11.1 Å². The molecule has 0 amide bonds. The first-order valence-electron chi connectivity index (χ1n) is 9.88. The SMILES string of the molecule is [2H]c1c([2H])c(C)[n+](C)c(-c2cc3c(cc2C)C(C)(C)c2ccccc2-3)c1[2H]. The van der Waals surface area contributed by atoms with Gasteiger partial charge < -0.3 is 0 Å². The summed E-state index contributed by atoms with van der Waals surface area (Å²) in [5, 5.41) is 0. The number of aryl methyl sites for hydroxylation is 1. The van der Waals surface area contributed by atoms with Gasteiger partial charge in [0.2, 0.25) is 5.69 Å². The molecule has 3 aromatic rings. The molecule has 2 aromatic carbocycles. The van der Waals surface area contributed by atoms with Gasteiger partial charge in [-0.25, -0.2) is 0 Å². The van der Waals surface area contributed by atoms with E-state index in [1.54, 1.807) is 0 Å². The number of pyridine rings is 1. The molecule has 0 saturated heterocycles. The van der Waals surface area contributed by atoms with E-state index in [1.165, 1.54) is 22.3 Å². The molecular formula is C23H24N+. The molecule has 0 aliphatic heterocycles. The molecule has 1 heterocycles. The van der Waals surface area contributed by atoms with Crippen molar-refractivity contribution in [1.82, 2.24) is 0 Å². The fraction of sp³-hybridized carbons (Fsp3) is 0.261. The predicted molar refractivity (Wildman–Crippen MR) is 100 cm³/mol. The van der Waals surface area contributed by atoms with Crippen molar-refractivity contribution < 1.29 is 8.68 Å². The zero-order chi connectivity index (χ0) is 19.7. The van der Waals surface area contributed by atoms with Gasteiger partial charge in [0.25, 0.3) is 0 Å². The molecule has 24 heavy (non-hydrogen) atoms. The van der Waals surface area contributed by atoms with Crippen LogP contribution in [0.2, 0.25) is 0 Å². The first-order valence-corrected chi connectivity index (χ1v) is 8.38. The summed E-state index contributed by atoms with van der Waals surface area (Å²) in [7, 11) is 1.88. The average Bonchev–Trinajstić information content (AvgIpc) is 2.86. The summed E-state index contributed by atoms with van der Waals surface area (Å²) >= 11 is 0. The van der Waals surface area contributed by atoms with Crippen molar-refractivity contribution in [2.75, 3.05) is 0 Å². The van der Waals surface area contributed by atoms with E-state index in [-0.39, 0.29) is 23.5 Å². The topological polar surface area (TPSA) is 3.88 Å². The zero-order valence-corrected chi connectivity index (χ0v) is 14.9. The van der Waals surface area contributed by atoms with Gasteiger partial charge in [-0.15, -0.1) is 0 Å². The van der Waals surface area contributed by atoms with E-state index in [2.05, 4.69) is 57.2 Å². The lowest BCUT2D eigenvalue weighted by atomic mass is 9.81. The maximum atomic E-state index is 8.50. The van der Waals surface area contributed by atoms with Gasteiger partial charge in [-0.1, -0.05) is 44.2 Å². The van der Waals surface area contributed by atoms with Crippen LogP contribution in [0.15, 0.2) is 54.5 Å². The number of fused-ring (bicyclic) bond motifs is 3. The Bertz CT molecular complexity index is 1080. The minimum atomic E-state index is -0.0528. The lowest BCUT2D eigenvalue weighted by molar-refractivity contribution is -0.666. The molecule has 4 rings (SSSR count). The largest absolute Gasteiger partial charge is 0.212 e. The second-order valence-electron chi connectivity index (χ2n) is 7.25. The summed E-state index contributed by atoms with van der Waals surface area (Å²) in [6, 6.07) is 13.1. The third-order valence-corrected chi connectivity index (χ3v) is 5.45. The van der Waals surface area contributed by atoms with Crippen LogP contribution >= 0.6 is 0 Å². The van der Waals surface area contributed by atoms with Crippen molar-refractivity contribution in [2.45, 2.75) is 33.1 Å². The molecule has 0 atom stereocenters. The Kier molecular flexibility index (Phi) is 2.53. The summed E-state index contributed by atoms with van der Waals surface area (Å²) < 4.78 is 26.6. The third kappa shape index (κ3) is 1.97. The minimum Gasteiger partial charge on any atom is -0.199 e. The Morgan fingerprint density at radius 1 is 0.917 bits per heavy atom. The number of hydrogen-bond donors (Lipinski definition) is 0. The quantitative estimate of drug-likeness (QED) is 0.550. The van der Waals surface area contributed by atoms with E-state index < -0.39 is 0 Å². The predicted octanol–water partition coefficient (Wildman–Crippen LogP) is 5.10. The van der Waals surface area contributed by atoms with E-state index in [1.807, 2.05) is 18.5 Å². The molecule has 1 heteroatoms. The van der Waals surface area contributed by atoms with Crippen LogP contribution in [0.4, 0.5) is 0 Å². The van der Waals surface area contributed by atoms with Crippen molar-refractivity contribution in [3.63, 3.8) is 0 Å². The van der Waals surface area contributed by atoms with E-state index >= 15 is 0 Å². The van der Waals surface area contributed by atoms with Gasteiger partial charge in [-0.3, -0.25) is 0 Å². The van der Waals surface area contributed by atoms with Crippen LogP contribution in [-0.4, -0.2) is 0 Å². The number of hydrogen-bond acceptors (Lipinski definition) is 0. The van der Waals surface area contributed by atoms with Crippen LogP contribution < -0.4 is 4.57 Å². The molecular weight excluding hydrogens is 290 g/mol. The second-order valence-corrected chi connectivity index (χ2v) is 7.25. The normalized spacial score (nSPS) is 16.1. The molecule has 0 unspecified atom stereocenters. The van der Waals surface area contributed by atoms with E-state index in [9.17, 15) is 0 Å². The Morgan fingerprint density at radius 3 is 2.46 bits per heavy atom. The molecule has 1 aliphatic rings. The Labute approximate surface area is 148 Å². The maximum absolute atomic E-state index is 8.50. The van der Waals surface area contributed by atoms with Crippen LogP contribution in [0.25, 0.3) is 22.4 Å². The van der Waals surface area contributed by atoms with Crippen LogP contribution in [0, 0.1) is 13.8 Å². The molecule has 0 saturated carbocycles. The minimum absolute atomic E-state index is 0.0128. The number of benzene rings is 2. The average molecular weight is 317 g/mol. The lowest BCUT2D eigenvalue weighted by Gasteiger charge is -2.22. The second kappa shape index (κ2) is 5.04. The number of rotatable bonds is 1. The smallest absolute Gasteiger partial charge is 0.199 e. The first kappa shape index (κ1) is 12.0. The van der Waals surface area contributed by atoms with Crippen molar-refractivity contribution in [3.05, 3.63) is 76.9 Å². The molecule has 0 spiro atoms. The molecule has 0 bridgehead atoms. The van der Waals surface area contributed by atoms with Crippen molar-refractivity contribution in [3.8, 4) is 22.4 Å². The molecule has 120 valence electrons. The monoisotopic (exact) mass is 317 g/mol. The fourth-order valence-electron chi connectivity index (χ4n) is 3.88. The Hall–Kier alpha value is -2.41. The van der Waals surface area contributed by atoms with E-state index in [0.29, 0.717) is 11.4 Å². The fourth-order valence-corrected chi connectivity index (χ4v) is 3.88. The zero-order valence-electron chi connectivity index (χ0n) is 17.9. The van der Waals surface area contributed by atoms with Crippen LogP contribution in [0.3, 0.4) is 0 Å². The van der Waals surface area contributed by atoms with Crippen LogP contribution in [0.1, 0.15) is 40.3 Å². The summed E-state index contributed by atoms with van der Waals surface area (Å²) in [5.74, 6) is 0. The van der Waals surface area contributed by atoms with Gasteiger partial charge >= 0.3 is 0 Å². The first-order chi connectivity index (χ1) is 12.7. The van der Waals surface area contributed by atoms with Gasteiger partial charge in [-0.05, 0) is 46.8 Å². The Balaban J connectivity index is 2.07. The number of nitrogens with zero attached hydrogens (tertiary/aromatic N) is 1. The Morgan fingerprint density at radius 2 is 1.67 bits per heavy atom. The summed E-state index contributed by atoms with van der Waals surface area (Å²) in [6.07, 6.45) is 0.